The first kappa shape index (κ1) is 12.1. The number of furan rings is 2. The van der Waals surface area contributed by atoms with Crippen molar-refractivity contribution in [3.05, 3.63) is 59.7 Å². The molecular weight excluding hydrogens is 240 g/mol. The lowest BCUT2D eigenvalue weighted by Crippen LogP contribution is -1.97. The van der Waals surface area contributed by atoms with Crippen LogP contribution < -0.4 is 0 Å². The minimum atomic E-state index is -0.599. The van der Waals surface area contributed by atoms with Crippen LogP contribution in [0.4, 0.5) is 0 Å². The molecule has 0 saturated heterocycles. The van der Waals surface area contributed by atoms with Crippen LogP contribution in [-0.4, -0.2) is 5.11 Å². The van der Waals surface area contributed by atoms with Gasteiger partial charge < -0.3 is 13.9 Å². The van der Waals surface area contributed by atoms with Gasteiger partial charge in [-0.1, -0.05) is 11.6 Å². The zero-order valence-corrected chi connectivity index (χ0v) is 10.8. The molecule has 0 saturated carbocycles. The van der Waals surface area contributed by atoms with Gasteiger partial charge in [-0.25, -0.2) is 0 Å². The summed E-state index contributed by atoms with van der Waals surface area (Å²) >= 11 is 0. The Balaban J connectivity index is 1.75. The molecule has 2 aromatic heterocycles. The van der Waals surface area contributed by atoms with Crippen molar-refractivity contribution in [2.45, 2.75) is 25.9 Å². The van der Waals surface area contributed by atoms with Crippen molar-refractivity contribution in [3.63, 3.8) is 0 Å². The lowest BCUT2D eigenvalue weighted by molar-refractivity contribution is 0.141. The molecule has 0 aliphatic heterocycles. The van der Waals surface area contributed by atoms with Crippen molar-refractivity contribution in [1.29, 1.82) is 0 Å². The molecule has 1 aromatic carbocycles. The van der Waals surface area contributed by atoms with E-state index >= 15 is 0 Å². The summed E-state index contributed by atoms with van der Waals surface area (Å²) in [6.45, 7) is 2.04. The molecule has 0 aliphatic carbocycles. The smallest absolute Gasteiger partial charge is 0.134 e. The summed E-state index contributed by atoms with van der Waals surface area (Å²) in [6, 6.07) is 11.7. The fourth-order valence-electron chi connectivity index (χ4n) is 2.22. The number of hydrogen-bond donors (Lipinski definition) is 1. The van der Waals surface area contributed by atoms with Gasteiger partial charge >= 0.3 is 0 Å². The zero-order valence-electron chi connectivity index (χ0n) is 10.8. The normalized spacial score (nSPS) is 12.9. The predicted octanol–water partition coefficient (Wildman–Crippen LogP) is 4.00. The number of benzene rings is 1. The minimum absolute atomic E-state index is 0.590. The summed E-state index contributed by atoms with van der Waals surface area (Å²) in [5.41, 5.74) is 2.00. The predicted molar refractivity (Wildman–Crippen MR) is 72.9 cm³/mol. The fraction of sp³-hybridized carbons (Fsp3) is 0.250. The van der Waals surface area contributed by atoms with Gasteiger partial charge in [0, 0.05) is 11.8 Å². The Labute approximate surface area is 111 Å². The van der Waals surface area contributed by atoms with E-state index in [4.69, 9.17) is 8.83 Å². The molecule has 0 spiro atoms. The number of aryl methyl sites for hydroxylation is 2. The molecule has 3 rings (SSSR count). The van der Waals surface area contributed by atoms with Gasteiger partial charge in [0.15, 0.2) is 0 Å². The topological polar surface area (TPSA) is 46.5 Å². The molecule has 19 heavy (non-hydrogen) atoms. The molecule has 0 radical (unpaired) electrons. The molecule has 1 N–H and O–H groups in total. The molecule has 3 heteroatoms. The first-order valence-corrected chi connectivity index (χ1v) is 6.43. The maximum absolute atomic E-state index is 10.2. The van der Waals surface area contributed by atoms with E-state index in [-0.39, 0.29) is 0 Å². The fourth-order valence-corrected chi connectivity index (χ4v) is 2.22. The quantitative estimate of drug-likeness (QED) is 0.767. The third kappa shape index (κ3) is 2.56. The van der Waals surface area contributed by atoms with E-state index in [0.717, 1.165) is 16.7 Å². The van der Waals surface area contributed by atoms with Gasteiger partial charge in [-0.05, 0) is 43.7 Å². The lowest BCUT2D eigenvalue weighted by Gasteiger charge is -2.05. The average molecular weight is 256 g/mol. The van der Waals surface area contributed by atoms with Gasteiger partial charge in [0.1, 0.15) is 23.2 Å². The molecule has 2 heterocycles. The van der Waals surface area contributed by atoms with Gasteiger partial charge in [0.05, 0.1) is 6.26 Å². The van der Waals surface area contributed by atoms with E-state index in [1.165, 1.54) is 5.56 Å². The molecule has 98 valence electrons. The summed E-state index contributed by atoms with van der Waals surface area (Å²) in [5, 5.41) is 11.2. The van der Waals surface area contributed by atoms with E-state index in [1.807, 2.05) is 37.3 Å². The van der Waals surface area contributed by atoms with E-state index in [9.17, 15) is 5.11 Å². The standard InChI is InChI=1S/C16H16O3/c1-11-4-7-15-12(9-11)10-16(19-15)14(17)6-5-13-3-2-8-18-13/h2-4,7-10,14,17H,5-6H2,1H3. The second-order valence-electron chi connectivity index (χ2n) is 4.82. The van der Waals surface area contributed by atoms with Crippen LogP contribution in [0.3, 0.4) is 0 Å². The Morgan fingerprint density at radius 1 is 1.21 bits per heavy atom. The maximum atomic E-state index is 10.2. The molecule has 0 fully saturated rings. The van der Waals surface area contributed by atoms with Crippen LogP contribution >= 0.6 is 0 Å². The molecule has 1 atom stereocenters. The third-order valence-electron chi connectivity index (χ3n) is 3.26. The maximum Gasteiger partial charge on any atom is 0.134 e. The van der Waals surface area contributed by atoms with Crippen LogP contribution in [0.1, 0.15) is 29.6 Å². The largest absolute Gasteiger partial charge is 0.469 e. The van der Waals surface area contributed by atoms with E-state index in [1.54, 1.807) is 6.26 Å². The molecule has 0 aliphatic rings. The second-order valence-corrected chi connectivity index (χ2v) is 4.82. The molecule has 0 amide bonds. The minimum Gasteiger partial charge on any atom is -0.469 e. The van der Waals surface area contributed by atoms with Crippen LogP contribution in [0.5, 0.6) is 0 Å². The molecular formula is C16H16O3. The average Bonchev–Trinajstić information content (AvgIpc) is 3.04. The number of aliphatic hydroxyl groups is 1. The van der Waals surface area contributed by atoms with Crippen LogP contribution in [-0.2, 0) is 6.42 Å². The van der Waals surface area contributed by atoms with Crippen LogP contribution in [0.2, 0.25) is 0 Å². The number of hydrogen-bond acceptors (Lipinski definition) is 3. The van der Waals surface area contributed by atoms with Gasteiger partial charge in [-0.3, -0.25) is 0 Å². The van der Waals surface area contributed by atoms with E-state index < -0.39 is 6.10 Å². The zero-order chi connectivity index (χ0) is 13.2. The van der Waals surface area contributed by atoms with Crippen LogP contribution in [0.15, 0.2) is 51.5 Å². The van der Waals surface area contributed by atoms with Crippen LogP contribution in [0.25, 0.3) is 11.0 Å². The van der Waals surface area contributed by atoms with Gasteiger partial charge in [0.25, 0.3) is 0 Å². The Morgan fingerprint density at radius 3 is 2.89 bits per heavy atom. The van der Waals surface area contributed by atoms with Crippen molar-refractivity contribution >= 4 is 11.0 Å². The Morgan fingerprint density at radius 2 is 2.11 bits per heavy atom. The van der Waals surface area contributed by atoms with Gasteiger partial charge in [0.2, 0.25) is 0 Å². The van der Waals surface area contributed by atoms with Gasteiger partial charge in [-0.2, -0.15) is 0 Å². The highest BCUT2D eigenvalue weighted by atomic mass is 16.4. The number of rotatable bonds is 4. The Kier molecular flexibility index (Phi) is 3.13. The SMILES string of the molecule is Cc1ccc2oc(C(O)CCc3ccco3)cc2c1. The highest BCUT2D eigenvalue weighted by Gasteiger charge is 2.14. The number of fused-ring (bicyclic) bond motifs is 1. The molecule has 3 nitrogen and oxygen atoms in total. The van der Waals surface area contributed by atoms with Crippen molar-refractivity contribution in [2.75, 3.05) is 0 Å². The van der Waals surface area contributed by atoms with Crippen LogP contribution in [0, 0.1) is 6.92 Å². The highest BCUT2D eigenvalue weighted by molar-refractivity contribution is 5.78. The Bertz CT molecular complexity index is 664. The highest BCUT2D eigenvalue weighted by Crippen LogP contribution is 2.27. The van der Waals surface area contributed by atoms with Crippen molar-refractivity contribution in [2.24, 2.45) is 0 Å². The van der Waals surface area contributed by atoms with Gasteiger partial charge in [-0.15, -0.1) is 0 Å². The van der Waals surface area contributed by atoms with Crippen molar-refractivity contribution < 1.29 is 13.9 Å². The van der Waals surface area contributed by atoms with Crippen molar-refractivity contribution in [3.8, 4) is 0 Å². The van der Waals surface area contributed by atoms with Crippen molar-refractivity contribution in [1.82, 2.24) is 0 Å². The lowest BCUT2D eigenvalue weighted by atomic mass is 10.1. The number of aliphatic hydroxyl groups excluding tert-OH is 1. The first-order valence-electron chi connectivity index (χ1n) is 6.43. The summed E-state index contributed by atoms with van der Waals surface area (Å²) in [5.74, 6) is 1.50. The summed E-state index contributed by atoms with van der Waals surface area (Å²) in [7, 11) is 0. The molecule has 0 bridgehead atoms. The molecule has 1 unspecified atom stereocenters. The third-order valence-corrected chi connectivity index (χ3v) is 3.26. The summed E-state index contributed by atoms with van der Waals surface area (Å²) in [4.78, 5) is 0. The second kappa shape index (κ2) is 4.94. The summed E-state index contributed by atoms with van der Waals surface area (Å²) in [6.07, 6.45) is 2.33. The molecule has 3 aromatic rings. The van der Waals surface area contributed by atoms with E-state index in [0.29, 0.717) is 18.6 Å². The monoisotopic (exact) mass is 256 g/mol. The Hall–Kier alpha value is -2.00. The van der Waals surface area contributed by atoms with E-state index in [2.05, 4.69) is 6.07 Å². The first-order chi connectivity index (χ1) is 9.22. The summed E-state index contributed by atoms with van der Waals surface area (Å²) < 4.78 is 10.9.